The lowest BCUT2D eigenvalue weighted by atomic mass is 9.91. The maximum Gasteiger partial charge on any atom is 0.305 e. The zero-order chi connectivity index (χ0) is 21.8. The van der Waals surface area contributed by atoms with E-state index < -0.39 is 6.10 Å². The highest BCUT2D eigenvalue weighted by Crippen LogP contribution is 2.28. The number of methoxy groups -OCH3 is 2. The fourth-order valence-corrected chi connectivity index (χ4v) is 4.47. The minimum absolute atomic E-state index is 0.0302. The summed E-state index contributed by atoms with van der Waals surface area (Å²) in [6.45, 7) is 0.553. The third kappa shape index (κ3) is 8.46. The summed E-state index contributed by atoms with van der Waals surface area (Å²) < 4.78 is 9.79. The molecule has 1 aromatic rings. The third-order valence-corrected chi connectivity index (χ3v) is 6.19. The number of thioether (sulfide) groups is 1. The number of aliphatic hydroxyl groups is 1. The Hall–Kier alpha value is -1.89. The van der Waals surface area contributed by atoms with Gasteiger partial charge in [0.2, 0.25) is 0 Å². The van der Waals surface area contributed by atoms with Gasteiger partial charge in [0, 0.05) is 31.8 Å². The van der Waals surface area contributed by atoms with Crippen molar-refractivity contribution in [1.29, 1.82) is 0 Å². The minimum Gasteiger partial charge on any atom is -0.469 e. The molecule has 0 aromatic heterocycles. The fraction of sp³-hybridized carbons (Fsp3) is 0.500. The van der Waals surface area contributed by atoms with Crippen LogP contribution >= 0.6 is 11.8 Å². The number of hydrogen-bond acceptors (Lipinski definition) is 6. The molecule has 0 bridgehead atoms. The summed E-state index contributed by atoms with van der Waals surface area (Å²) in [4.78, 5) is 23.3. The maximum atomic E-state index is 12.2. The standard InChI is InChI=1S/C24H32O5S/c1-28-17-19-6-3-5-18(15-19)16-21(25)10-8-20-9-11-23(26)22(20)12-14-30-13-4-7-24(27)29-2/h3,5-6,8-11,15,20-22,25H,4,7,12-14,16-17H2,1-2H3/b10-8+/t20-,21+,22+/m0/s1. The zero-order valence-electron chi connectivity index (χ0n) is 17.8. The topological polar surface area (TPSA) is 72.8 Å². The van der Waals surface area contributed by atoms with E-state index in [1.807, 2.05) is 36.4 Å². The SMILES string of the molecule is COCc1cccc(C[C@H](O)/C=C/[C@H]2C=CC(=O)[C@@H]2CCSCCCC(=O)OC)c1. The zero-order valence-corrected chi connectivity index (χ0v) is 18.6. The van der Waals surface area contributed by atoms with E-state index in [2.05, 4.69) is 4.74 Å². The summed E-state index contributed by atoms with van der Waals surface area (Å²) in [5.74, 6) is 1.69. The molecule has 6 heteroatoms. The molecule has 2 rings (SSSR count). The monoisotopic (exact) mass is 432 g/mol. The van der Waals surface area contributed by atoms with Gasteiger partial charge in [0.25, 0.3) is 0 Å². The smallest absolute Gasteiger partial charge is 0.305 e. The van der Waals surface area contributed by atoms with E-state index in [9.17, 15) is 14.7 Å². The quantitative estimate of drug-likeness (QED) is 0.291. The van der Waals surface area contributed by atoms with Gasteiger partial charge in [-0.15, -0.1) is 0 Å². The van der Waals surface area contributed by atoms with Gasteiger partial charge in [-0.3, -0.25) is 9.59 Å². The van der Waals surface area contributed by atoms with Crippen molar-refractivity contribution < 1.29 is 24.2 Å². The Labute approximate surface area is 183 Å². The molecule has 0 fully saturated rings. The van der Waals surface area contributed by atoms with E-state index in [0.717, 1.165) is 35.5 Å². The van der Waals surface area contributed by atoms with Gasteiger partial charge >= 0.3 is 5.97 Å². The summed E-state index contributed by atoms with van der Waals surface area (Å²) in [5.41, 5.74) is 2.14. The molecule has 0 heterocycles. The lowest BCUT2D eigenvalue weighted by Crippen LogP contribution is -2.16. The highest BCUT2D eigenvalue weighted by molar-refractivity contribution is 7.99. The summed E-state index contributed by atoms with van der Waals surface area (Å²) in [5, 5.41) is 10.4. The van der Waals surface area contributed by atoms with Gasteiger partial charge in [0.1, 0.15) is 0 Å². The summed E-state index contributed by atoms with van der Waals surface area (Å²) in [6.07, 6.45) is 9.28. The van der Waals surface area contributed by atoms with Gasteiger partial charge < -0.3 is 14.6 Å². The number of esters is 1. The van der Waals surface area contributed by atoms with Crippen LogP contribution in [0.2, 0.25) is 0 Å². The highest BCUT2D eigenvalue weighted by atomic mass is 32.2. The molecule has 0 radical (unpaired) electrons. The predicted octanol–water partition coefficient (Wildman–Crippen LogP) is 3.74. The molecule has 164 valence electrons. The molecule has 3 atom stereocenters. The molecular weight excluding hydrogens is 400 g/mol. The Morgan fingerprint density at radius 3 is 2.83 bits per heavy atom. The average molecular weight is 433 g/mol. The number of carbonyl (C=O) groups is 2. The average Bonchev–Trinajstić information content (AvgIpc) is 3.08. The van der Waals surface area contributed by atoms with E-state index in [4.69, 9.17) is 4.74 Å². The van der Waals surface area contributed by atoms with Gasteiger partial charge in [0.15, 0.2) is 5.78 Å². The highest BCUT2D eigenvalue weighted by Gasteiger charge is 2.27. The summed E-state index contributed by atoms with van der Waals surface area (Å²) in [6, 6.07) is 8.01. The van der Waals surface area contributed by atoms with Crippen molar-refractivity contribution in [2.75, 3.05) is 25.7 Å². The van der Waals surface area contributed by atoms with E-state index in [1.54, 1.807) is 31.0 Å². The second-order valence-corrected chi connectivity index (χ2v) is 8.66. The molecule has 0 unspecified atom stereocenters. The van der Waals surface area contributed by atoms with Crippen LogP contribution in [0.3, 0.4) is 0 Å². The predicted molar refractivity (Wildman–Crippen MR) is 120 cm³/mol. The van der Waals surface area contributed by atoms with Gasteiger partial charge in [-0.2, -0.15) is 11.8 Å². The Morgan fingerprint density at radius 1 is 1.27 bits per heavy atom. The first-order valence-corrected chi connectivity index (χ1v) is 11.5. The normalized spacial score (nSPS) is 19.5. The molecule has 5 nitrogen and oxygen atoms in total. The van der Waals surface area contributed by atoms with Gasteiger partial charge in [-0.25, -0.2) is 0 Å². The van der Waals surface area contributed by atoms with Gasteiger partial charge in [0.05, 0.1) is 19.8 Å². The lowest BCUT2D eigenvalue weighted by Gasteiger charge is -2.15. The molecule has 1 N–H and O–H groups in total. The van der Waals surface area contributed by atoms with Crippen LogP contribution in [-0.4, -0.2) is 48.7 Å². The molecule has 0 saturated carbocycles. The molecule has 0 aliphatic heterocycles. The van der Waals surface area contributed by atoms with E-state index in [1.165, 1.54) is 7.11 Å². The number of hydrogen-bond donors (Lipinski definition) is 1. The Kier molecular flexibility index (Phi) is 10.9. The van der Waals surface area contributed by atoms with Crippen LogP contribution in [0.4, 0.5) is 0 Å². The second kappa shape index (κ2) is 13.4. The molecule has 30 heavy (non-hydrogen) atoms. The molecule has 0 saturated heterocycles. The van der Waals surface area contributed by atoms with Crippen LogP contribution in [-0.2, 0) is 32.1 Å². The number of benzene rings is 1. The first-order valence-electron chi connectivity index (χ1n) is 10.3. The summed E-state index contributed by atoms with van der Waals surface area (Å²) in [7, 11) is 3.06. The van der Waals surface area contributed by atoms with E-state index in [-0.39, 0.29) is 23.6 Å². The molecule has 0 amide bonds. The lowest BCUT2D eigenvalue weighted by molar-refractivity contribution is -0.140. The number of rotatable bonds is 13. The van der Waals surface area contributed by atoms with Crippen LogP contribution in [0, 0.1) is 11.8 Å². The van der Waals surface area contributed by atoms with E-state index >= 15 is 0 Å². The first-order chi connectivity index (χ1) is 14.5. The Balaban J connectivity index is 1.77. The number of ketones is 1. The molecule has 1 aliphatic rings. The van der Waals surface area contributed by atoms with E-state index in [0.29, 0.717) is 19.4 Å². The molecule has 1 aliphatic carbocycles. The number of aliphatic hydroxyl groups excluding tert-OH is 1. The largest absolute Gasteiger partial charge is 0.469 e. The first kappa shape index (κ1) is 24.4. The molecule has 1 aromatic carbocycles. The maximum absolute atomic E-state index is 12.2. The Bertz CT molecular complexity index is 743. The van der Waals surface area contributed by atoms with Crippen LogP contribution in [0.5, 0.6) is 0 Å². The van der Waals surface area contributed by atoms with Crippen molar-refractivity contribution in [2.45, 2.75) is 38.4 Å². The van der Waals surface area contributed by atoms with Crippen molar-refractivity contribution in [3.63, 3.8) is 0 Å². The van der Waals surface area contributed by atoms with Crippen LogP contribution in [0.25, 0.3) is 0 Å². The van der Waals surface area contributed by atoms with Gasteiger partial charge in [-0.05, 0) is 41.6 Å². The van der Waals surface area contributed by atoms with Crippen molar-refractivity contribution >= 4 is 23.5 Å². The van der Waals surface area contributed by atoms with Crippen LogP contribution < -0.4 is 0 Å². The number of carbonyl (C=O) groups excluding carboxylic acids is 2. The van der Waals surface area contributed by atoms with Crippen LogP contribution in [0.1, 0.15) is 30.4 Å². The van der Waals surface area contributed by atoms with Crippen LogP contribution in [0.15, 0.2) is 48.6 Å². The fourth-order valence-electron chi connectivity index (χ4n) is 3.50. The number of allylic oxidation sites excluding steroid dienone is 3. The van der Waals surface area contributed by atoms with Crippen molar-refractivity contribution in [2.24, 2.45) is 11.8 Å². The Morgan fingerprint density at radius 2 is 2.07 bits per heavy atom. The molecule has 0 spiro atoms. The molecular formula is C24H32O5S. The van der Waals surface area contributed by atoms with Crippen molar-refractivity contribution in [3.8, 4) is 0 Å². The van der Waals surface area contributed by atoms with Crippen molar-refractivity contribution in [3.05, 3.63) is 59.7 Å². The number of ether oxygens (including phenoxy) is 2. The third-order valence-electron chi connectivity index (χ3n) is 5.09. The van der Waals surface area contributed by atoms with Crippen molar-refractivity contribution in [1.82, 2.24) is 0 Å². The minimum atomic E-state index is -0.597. The second-order valence-electron chi connectivity index (χ2n) is 7.44. The van der Waals surface area contributed by atoms with Gasteiger partial charge in [-0.1, -0.05) is 42.5 Å². The summed E-state index contributed by atoms with van der Waals surface area (Å²) >= 11 is 1.76.